The van der Waals surface area contributed by atoms with Crippen LogP contribution in [0.2, 0.25) is 0 Å². The Morgan fingerprint density at radius 3 is 1.25 bits per heavy atom. The summed E-state index contributed by atoms with van der Waals surface area (Å²) in [4.78, 5) is 5.22. The Bertz CT molecular complexity index is 3520. The van der Waals surface area contributed by atoms with Crippen molar-refractivity contribution in [3.05, 3.63) is 186 Å². The number of fused-ring (bicyclic) bond motifs is 10. The Morgan fingerprint density at radius 2 is 0.746 bits per heavy atom. The lowest BCUT2D eigenvalue weighted by Gasteiger charge is -2.45. The lowest BCUT2D eigenvalue weighted by atomic mass is 9.33. The highest BCUT2D eigenvalue weighted by Crippen LogP contribution is 2.49. The molecule has 0 amide bonds. The Morgan fingerprint density at radius 1 is 0.338 bits per heavy atom. The standard InChI is InChI=1S/C68H71BN2/c1-13-65(5,6)45-29-34-49(35-30-45)70-60-38-32-47(67(9,10)15-3)42-57(60)69-58-43-48(68(11,12)16-4)33-39-61(58)71(63-27-21-26-62(70)64(63)69)59-37-31-46(66(7,8)14-2)41-55(59)44-28-36-54-52-24-18-17-22-50(52)51-23-19-20-25-53(51)56(54)40-44/h17-43H,13-16H2,1-12H3. The summed E-state index contributed by atoms with van der Waals surface area (Å²) in [5.41, 5.74) is 19.6. The molecule has 3 heteroatoms. The van der Waals surface area contributed by atoms with E-state index in [1.165, 1.54) is 116 Å². The van der Waals surface area contributed by atoms with Crippen LogP contribution in [0, 0.1) is 0 Å². The van der Waals surface area contributed by atoms with Gasteiger partial charge in [0.25, 0.3) is 6.71 Å². The summed E-state index contributed by atoms with van der Waals surface area (Å²) < 4.78 is 0. The molecular formula is C68H71BN2. The summed E-state index contributed by atoms with van der Waals surface area (Å²) >= 11 is 0. The number of nitrogens with zero attached hydrogens (tertiary/aromatic N) is 2. The second kappa shape index (κ2) is 17.0. The third-order valence-corrected chi connectivity index (χ3v) is 18.1. The smallest absolute Gasteiger partial charge is 0.252 e. The van der Waals surface area contributed by atoms with Crippen molar-refractivity contribution >= 4 is 89.5 Å². The van der Waals surface area contributed by atoms with Gasteiger partial charge < -0.3 is 9.80 Å². The van der Waals surface area contributed by atoms with E-state index in [4.69, 9.17) is 0 Å². The molecule has 0 radical (unpaired) electrons. The van der Waals surface area contributed by atoms with E-state index in [0.29, 0.717) is 0 Å². The first-order valence-electron chi connectivity index (χ1n) is 26.6. The molecule has 0 fully saturated rings. The summed E-state index contributed by atoms with van der Waals surface area (Å²) in [6.45, 7) is 28.5. The molecule has 356 valence electrons. The van der Waals surface area contributed by atoms with Crippen LogP contribution in [0.4, 0.5) is 34.1 Å². The fraction of sp³-hybridized carbons (Fsp3) is 0.294. The number of anilines is 6. The third-order valence-electron chi connectivity index (χ3n) is 18.1. The van der Waals surface area contributed by atoms with Gasteiger partial charge in [-0.3, -0.25) is 0 Å². The van der Waals surface area contributed by atoms with Crippen LogP contribution in [0.15, 0.2) is 164 Å². The molecule has 2 heterocycles. The molecule has 0 spiro atoms. The minimum absolute atomic E-state index is 0.000165. The van der Waals surface area contributed by atoms with Crippen molar-refractivity contribution in [2.75, 3.05) is 9.80 Å². The number of benzene rings is 9. The molecule has 2 aliphatic heterocycles. The second-order valence-electron chi connectivity index (χ2n) is 23.4. The van der Waals surface area contributed by atoms with E-state index in [1.807, 2.05) is 0 Å². The lowest BCUT2D eigenvalue weighted by Crippen LogP contribution is -2.61. The van der Waals surface area contributed by atoms with Crippen molar-refractivity contribution in [3.63, 3.8) is 0 Å². The summed E-state index contributed by atoms with van der Waals surface area (Å²) in [5, 5.41) is 7.77. The highest BCUT2D eigenvalue weighted by Gasteiger charge is 2.45. The monoisotopic (exact) mass is 927 g/mol. The number of hydrogen-bond acceptors (Lipinski definition) is 2. The number of rotatable bonds is 11. The van der Waals surface area contributed by atoms with Crippen LogP contribution in [0.3, 0.4) is 0 Å². The normalized spacial score (nSPS) is 13.8. The number of hydrogen-bond donors (Lipinski definition) is 0. The summed E-state index contributed by atoms with van der Waals surface area (Å²) in [6, 6.07) is 64.1. The van der Waals surface area contributed by atoms with E-state index in [-0.39, 0.29) is 28.4 Å². The molecule has 0 N–H and O–H groups in total. The third kappa shape index (κ3) is 7.43. The average molecular weight is 927 g/mol. The molecule has 2 aliphatic rings. The van der Waals surface area contributed by atoms with Gasteiger partial charge in [0.2, 0.25) is 0 Å². The fourth-order valence-electron chi connectivity index (χ4n) is 11.7. The first kappa shape index (κ1) is 46.8. The predicted molar refractivity (Wildman–Crippen MR) is 312 cm³/mol. The van der Waals surface area contributed by atoms with Gasteiger partial charge in [-0.05, 0) is 178 Å². The molecule has 0 aromatic heterocycles. The fourth-order valence-corrected chi connectivity index (χ4v) is 11.7. The van der Waals surface area contributed by atoms with E-state index in [0.717, 1.165) is 25.7 Å². The van der Waals surface area contributed by atoms with Crippen molar-refractivity contribution in [2.45, 2.75) is 130 Å². The molecule has 0 bridgehead atoms. The zero-order chi connectivity index (χ0) is 49.8. The first-order valence-corrected chi connectivity index (χ1v) is 26.6. The minimum atomic E-state index is -0.0133. The minimum Gasteiger partial charge on any atom is -0.311 e. The topological polar surface area (TPSA) is 6.48 Å². The summed E-state index contributed by atoms with van der Waals surface area (Å²) in [5.74, 6) is 0. The Balaban J connectivity index is 1.22. The van der Waals surface area contributed by atoms with Crippen LogP contribution in [0.1, 0.15) is 131 Å². The Hall–Kier alpha value is -6.58. The van der Waals surface area contributed by atoms with Crippen LogP contribution in [-0.2, 0) is 21.7 Å². The van der Waals surface area contributed by atoms with Crippen molar-refractivity contribution in [3.8, 4) is 11.1 Å². The molecule has 9 aromatic carbocycles. The van der Waals surface area contributed by atoms with Crippen LogP contribution >= 0.6 is 0 Å². The van der Waals surface area contributed by atoms with Gasteiger partial charge in [-0.2, -0.15) is 0 Å². The summed E-state index contributed by atoms with van der Waals surface area (Å²) in [6.07, 6.45) is 4.24. The molecule has 0 aliphatic carbocycles. The Kier molecular flexibility index (Phi) is 11.2. The van der Waals surface area contributed by atoms with E-state index < -0.39 is 0 Å². The van der Waals surface area contributed by atoms with Gasteiger partial charge in [0.1, 0.15) is 0 Å². The first-order chi connectivity index (χ1) is 34.0. The maximum atomic E-state index is 2.64. The van der Waals surface area contributed by atoms with Crippen molar-refractivity contribution < 1.29 is 0 Å². The molecular weight excluding hydrogens is 856 g/mol. The van der Waals surface area contributed by atoms with Gasteiger partial charge in [0.15, 0.2) is 0 Å². The molecule has 0 saturated carbocycles. The van der Waals surface area contributed by atoms with E-state index in [1.54, 1.807) is 0 Å². The van der Waals surface area contributed by atoms with Gasteiger partial charge in [-0.1, -0.05) is 192 Å². The molecule has 9 aromatic rings. The van der Waals surface area contributed by atoms with Gasteiger partial charge in [-0.25, -0.2) is 0 Å². The Labute approximate surface area is 424 Å². The van der Waals surface area contributed by atoms with Crippen LogP contribution < -0.4 is 26.2 Å². The van der Waals surface area contributed by atoms with E-state index >= 15 is 0 Å². The van der Waals surface area contributed by atoms with Crippen LogP contribution in [0.5, 0.6) is 0 Å². The SMILES string of the molecule is CCC(C)(C)c1ccc(N2c3ccc(C(C)(C)CC)cc3B3c4cc(C(C)(C)CC)ccc4N(c4ccc(C(C)(C)CC)cc4-c4ccc5c6ccccc6c6ccccc6c5c4)c4cccc2c43)cc1. The zero-order valence-electron chi connectivity index (χ0n) is 44.4. The van der Waals surface area contributed by atoms with Gasteiger partial charge in [0.05, 0.1) is 5.69 Å². The van der Waals surface area contributed by atoms with Crippen LogP contribution in [0.25, 0.3) is 43.4 Å². The zero-order valence-corrected chi connectivity index (χ0v) is 44.4. The second-order valence-corrected chi connectivity index (χ2v) is 23.4. The van der Waals surface area contributed by atoms with E-state index in [2.05, 4.69) is 257 Å². The molecule has 0 unspecified atom stereocenters. The highest BCUT2D eigenvalue weighted by atomic mass is 15.2. The van der Waals surface area contributed by atoms with Gasteiger partial charge >= 0.3 is 0 Å². The average Bonchev–Trinajstić information content (AvgIpc) is 3.40. The largest absolute Gasteiger partial charge is 0.311 e. The van der Waals surface area contributed by atoms with Crippen molar-refractivity contribution in [1.29, 1.82) is 0 Å². The van der Waals surface area contributed by atoms with Gasteiger partial charge in [0, 0.05) is 34.0 Å². The van der Waals surface area contributed by atoms with Crippen molar-refractivity contribution in [2.24, 2.45) is 0 Å². The van der Waals surface area contributed by atoms with Gasteiger partial charge in [-0.15, -0.1) is 0 Å². The quantitative estimate of drug-likeness (QED) is 0.0942. The van der Waals surface area contributed by atoms with E-state index in [9.17, 15) is 0 Å². The maximum Gasteiger partial charge on any atom is 0.252 e. The molecule has 0 atom stereocenters. The molecule has 0 saturated heterocycles. The maximum absolute atomic E-state index is 2.64. The molecule has 2 nitrogen and oxygen atoms in total. The summed E-state index contributed by atoms with van der Waals surface area (Å²) in [7, 11) is 0. The highest BCUT2D eigenvalue weighted by molar-refractivity contribution is 7.00. The lowest BCUT2D eigenvalue weighted by molar-refractivity contribution is 0.506. The predicted octanol–water partition coefficient (Wildman–Crippen LogP) is 17.6. The van der Waals surface area contributed by atoms with Crippen LogP contribution in [-0.4, -0.2) is 6.71 Å². The van der Waals surface area contributed by atoms with Crippen molar-refractivity contribution in [1.82, 2.24) is 0 Å². The molecule has 11 rings (SSSR count). The molecule has 71 heavy (non-hydrogen) atoms.